The van der Waals surface area contributed by atoms with Crippen molar-refractivity contribution in [2.75, 3.05) is 31.2 Å². The number of nitrogens with zero attached hydrogens (tertiary/aromatic N) is 3. The van der Waals surface area contributed by atoms with Crippen LogP contribution in [0.4, 0.5) is 5.88 Å². The van der Waals surface area contributed by atoms with E-state index in [9.17, 15) is 5.26 Å². The molecule has 0 spiro atoms. The Bertz CT molecular complexity index is 944. The zero-order valence-corrected chi connectivity index (χ0v) is 14.9. The first-order valence-electron chi connectivity index (χ1n) is 7.93. The van der Waals surface area contributed by atoms with Gasteiger partial charge < -0.3 is 19.0 Å². The van der Waals surface area contributed by atoms with E-state index in [2.05, 4.69) is 36.9 Å². The number of anilines is 1. The quantitative estimate of drug-likeness (QED) is 0.678. The number of hydrogen-bond acceptors (Lipinski definition) is 5. The SMILES string of the molecule is N#C/C(=C/c1cc(Br)c(N2CCOCC2)o1)c1nc2ccccc2[nH]1. The van der Waals surface area contributed by atoms with Crippen LogP contribution in [0.3, 0.4) is 0 Å². The van der Waals surface area contributed by atoms with Crippen molar-refractivity contribution in [3.8, 4) is 6.07 Å². The lowest BCUT2D eigenvalue weighted by Crippen LogP contribution is -2.36. The Morgan fingerprint density at radius 3 is 2.88 bits per heavy atom. The minimum atomic E-state index is 0.422. The molecule has 1 aromatic carbocycles. The maximum Gasteiger partial charge on any atom is 0.210 e. The van der Waals surface area contributed by atoms with Gasteiger partial charge in [-0.2, -0.15) is 5.26 Å². The number of allylic oxidation sites excluding steroid dienone is 1. The lowest BCUT2D eigenvalue weighted by Gasteiger charge is -2.26. The van der Waals surface area contributed by atoms with Gasteiger partial charge in [-0.1, -0.05) is 12.1 Å². The van der Waals surface area contributed by atoms with Gasteiger partial charge in [0, 0.05) is 25.2 Å². The van der Waals surface area contributed by atoms with E-state index in [4.69, 9.17) is 9.15 Å². The van der Waals surface area contributed by atoms with E-state index in [1.165, 1.54) is 0 Å². The molecule has 1 N–H and O–H groups in total. The van der Waals surface area contributed by atoms with Gasteiger partial charge in [0.05, 0.1) is 34.3 Å². The zero-order valence-electron chi connectivity index (χ0n) is 13.3. The number of fused-ring (bicyclic) bond motifs is 1. The Balaban J connectivity index is 1.67. The normalized spacial score (nSPS) is 15.5. The summed E-state index contributed by atoms with van der Waals surface area (Å²) in [4.78, 5) is 9.77. The molecule has 0 amide bonds. The van der Waals surface area contributed by atoms with Crippen LogP contribution in [-0.4, -0.2) is 36.3 Å². The number of para-hydroxylation sites is 2. The third kappa shape index (κ3) is 3.18. The van der Waals surface area contributed by atoms with Crippen molar-refractivity contribution in [1.82, 2.24) is 9.97 Å². The Morgan fingerprint density at radius 2 is 2.12 bits per heavy atom. The van der Waals surface area contributed by atoms with Gasteiger partial charge in [0.25, 0.3) is 0 Å². The first-order chi connectivity index (χ1) is 12.2. The van der Waals surface area contributed by atoms with Crippen molar-refractivity contribution in [3.05, 3.63) is 46.4 Å². The van der Waals surface area contributed by atoms with Crippen LogP contribution in [0.25, 0.3) is 22.7 Å². The summed E-state index contributed by atoms with van der Waals surface area (Å²) >= 11 is 3.54. The fourth-order valence-electron chi connectivity index (χ4n) is 2.81. The Hall–Kier alpha value is -2.56. The summed E-state index contributed by atoms with van der Waals surface area (Å²) in [5.74, 6) is 1.89. The summed E-state index contributed by atoms with van der Waals surface area (Å²) in [6, 6.07) is 11.7. The second kappa shape index (κ2) is 6.75. The number of aromatic amines is 1. The summed E-state index contributed by atoms with van der Waals surface area (Å²) in [7, 11) is 0. The zero-order chi connectivity index (χ0) is 17.2. The lowest BCUT2D eigenvalue weighted by atomic mass is 10.2. The number of imidazole rings is 1. The smallest absolute Gasteiger partial charge is 0.210 e. The van der Waals surface area contributed by atoms with Gasteiger partial charge in [-0.15, -0.1) is 0 Å². The topological polar surface area (TPSA) is 78.1 Å². The molecular formula is C18H15BrN4O2. The predicted molar refractivity (Wildman–Crippen MR) is 99.0 cm³/mol. The van der Waals surface area contributed by atoms with E-state index in [0.29, 0.717) is 30.4 Å². The maximum absolute atomic E-state index is 9.53. The van der Waals surface area contributed by atoms with Crippen LogP contribution in [0.2, 0.25) is 0 Å². The highest BCUT2D eigenvalue weighted by molar-refractivity contribution is 9.10. The minimum Gasteiger partial charge on any atom is -0.440 e. The Morgan fingerprint density at radius 1 is 1.32 bits per heavy atom. The predicted octanol–water partition coefficient (Wildman–Crippen LogP) is 3.82. The number of benzene rings is 1. The Kier molecular flexibility index (Phi) is 4.30. The minimum absolute atomic E-state index is 0.422. The molecule has 0 aliphatic carbocycles. The van der Waals surface area contributed by atoms with Crippen molar-refractivity contribution in [2.45, 2.75) is 0 Å². The molecule has 2 aromatic heterocycles. The van der Waals surface area contributed by atoms with Crippen LogP contribution in [0.1, 0.15) is 11.6 Å². The number of aromatic nitrogens is 2. The average molecular weight is 399 g/mol. The molecule has 3 heterocycles. The van der Waals surface area contributed by atoms with Crippen molar-refractivity contribution < 1.29 is 9.15 Å². The number of nitrogens with one attached hydrogen (secondary N) is 1. The lowest BCUT2D eigenvalue weighted by molar-refractivity contribution is 0.120. The molecule has 1 aliphatic heterocycles. The van der Waals surface area contributed by atoms with E-state index in [1.807, 2.05) is 30.3 Å². The summed E-state index contributed by atoms with van der Waals surface area (Å²) in [5, 5.41) is 9.53. The van der Waals surface area contributed by atoms with E-state index >= 15 is 0 Å². The number of furan rings is 1. The standard InChI is InChI=1S/C18H15BrN4O2/c19-14-10-13(25-18(14)23-5-7-24-8-6-23)9-12(11-20)17-21-15-3-1-2-4-16(15)22-17/h1-4,9-10H,5-8H2,(H,21,22)/b12-9-. The van der Waals surface area contributed by atoms with Crippen LogP contribution in [0, 0.1) is 11.3 Å². The number of morpholine rings is 1. The molecule has 6 nitrogen and oxygen atoms in total. The van der Waals surface area contributed by atoms with Gasteiger partial charge in [0.1, 0.15) is 17.7 Å². The number of nitriles is 1. The molecule has 0 radical (unpaired) electrons. The fraction of sp³-hybridized carbons (Fsp3) is 0.222. The van der Waals surface area contributed by atoms with Gasteiger partial charge in [0.15, 0.2) is 0 Å². The molecule has 1 saturated heterocycles. The van der Waals surface area contributed by atoms with E-state index in [0.717, 1.165) is 34.5 Å². The summed E-state index contributed by atoms with van der Waals surface area (Å²) in [5.41, 5.74) is 2.15. The molecule has 1 aliphatic rings. The molecule has 0 saturated carbocycles. The van der Waals surface area contributed by atoms with E-state index in [1.54, 1.807) is 6.08 Å². The molecule has 7 heteroatoms. The third-order valence-corrected chi connectivity index (χ3v) is 4.61. The second-order valence-corrected chi connectivity index (χ2v) is 6.53. The molecule has 25 heavy (non-hydrogen) atoms. The van der Waals surface area contributed by atoms with Crippen molar-refractivity contribution in [1.29, 1.82) is 5.26 Å². The molecule has 0 unspecified atom stereocenters. The highest BCUT2D eigenvalue weighted by Gasteiger charge is 2.19. The largest absolute Gasteiger partial charge is 0.440 e. The van der Waals surface area contributed by atoms with Crippen LogP contribution < -0.4 is 4.90 Å². The average Bonchev–Trinajstić information content (AvgIpc) is 3.23. The number of rotatable bonds is 3. The van der Waals surface area contributed by atoms with Gasteiger partial charge in [-0.3, -0.25) is 0 Å². The molecule has 3 aromatic rings. The number of ether oxygens (including phenoxy) is 1. The van der Waals surface area contributed by atoms with Crippen molar-refractivity contribution in [2.24, 2.45) is 0 Å². The van der Waals surface area contributed by atoms with Gasteiger partial charge >= 0.3 is 0 Å². The molecule has 126 valence electrons. The molecule has 4 rings (SSSR count). The van der Waals surface area contributed by atoms with Gasteiger partial charge in [0.2, 0.25) is 5.88 Å². The maximum atomic E-state index is 9.53. The molecule has 0 bridgehead atoms. The van der Waals surface area contributed by atoms with Gasteiger partial charge in [-0.05, 0) is 28.1 Å². The number of halogens is 1. The third-order valence-electron chi connectivity index (χ3n) is 4.04. The van der Waals surface area contributed by atoms with E-state index in [-0.39, 0.29) is 0 Å². The highest BCUT2D eigenvalue weighted by Crippen LogP contribution is 2.32. The van der Waals surface area contributed by atoms with Gasteiger partial charge in [-0.25, -0.2) is 4.98 Å². The highest BCUT2D eigenvalue weighted by atomic mass is 79.9. The summed E-state index contributed by atoms with van der Waals surface area (Å²) < 4.78 is 12.2. The van der Waals surface area contributed by atoms with Crippen LogP contribution in [-0.2, 0) is 4.74 Å². The van der Waals surface area contributed by atoms with Crippen molar-refractivity contribution in [3.63, 3.8) is 0 Å². The number of hydrogen-bond donors (Lipinski definition) is 1. The van der Waals surface area contributed by atoms with Crippen LogP contribution in [0.5, 0.6) is 0 Å². The van der Waals surface area contributed by atoms with Crippen molar-refractivity contribution >= 4 is 44.5 Å². The number of H-pyrrole nitrogens is 1. The van der Waals surface area contributed by atoms with Crippen LogP contribution in [0.15, 0.2) is 39.2 Å². The first kappa shape index (κ1) is 15.9. The molecular weight excluding hydrogens is 384 g/mol. The fourth-order valence-corrected chi connectivity index (χ4v) is 3.36. The summed E-state index contributed by atoms with van der Waals surface area (Å²) in [6.45, 7) is 2.93. The Labute approximate surface area is 152 Å². The second-order valence-electron chi connectivity index (χ2n) is 5.67. The first-order valence-corrected chi connectivity index (χ1v) is 8.73. The molecule has 0 atom stereocenters. The van der Waals surface area contributed by atoms with Crippen LogP contribution >= 0.6 is 15.9 Å². The monoisotopic (exact) mass is 398 g/mol. The summed E-state index contributed by atoms with van der Waals surface area (Å²) in [6.07, 6.45) is 1.70. The molecule has 1 fully saturated rings. The van der Waals surface area contributed by atoms with E-state index < -0.39 is 0 Å².